The molecule has 3 amide bonds. The Hall–Kier alpha value is -3.53. The average Bonchev–Trinajstić information content (AvgIpc) is 2.89. The third-order valence-corrected chi connectivity index (χ3v) is 6.89. The molecule has 0 aliphatic heterocycles. The molecule has 242 valence electrons. The van der Waals surface area contributed by atoms with Crippen LogP contribution in [0.2, 0.25) is 0 Å². The Balaban J connectivity index is 2.60. The minimum absolute atomic E-state index is 0.0308. The van der Waals surface area contributed by atoms with Gasteiger partial charge in [0.2, 0.25) is 11.8 Å². The zero-order valence-corrected chi connectivity index (χ0v) is 28.6. The lowest BCUT2D eigenvalue weighted by atomic mass is 9.94. The van der Waals surface area contributed by atoms with Gasteiger partial charge < -0.3 is 25.0 Å². The third kappa shape index (κ3) is 11.2. The van der Waals surface area contributed by atoms with Gasteiger partial charge in [0.05, 0.1) is 0 Å². The lowest BCUT2D eigenvalue weighted by molar-refractivity contribution is -0.159. The van der Waals surface area contributed by atoms with Crippen LogP contribution in [0.1, 0.15) is 83.7 Å². The molecule has 3 unspecified atom stereocenters. The summed E-state index contributed by atoms with van der Waals surface area (Å²) in [5.41, 5.74) is 1.56. The lowest BCUT2D eigenvalue weighted by Crippen LogP contribution is -2.57. The monoisotopic (exact) mass is 627 g/mol. The minimum atomic E-state index is -1.13. The molecule has 0 spiro atoms. The fourth-order valence-corrected chi connectivity index (χ4v) is 4.88. The fraction of sp³-hybridized carbons (Fsp3) is 0.529. The Morgan fingerprint density at radius 1 is 0.841 bits per heavy atom. The van der Waals surface area contributed by atoms with E-state index in [4.69, 9.17) is 9.47 Å². The van der Waals surface area contributed by atoms with Gasteiger partial charge in [0, 0.05) is 18.2 Å². The summed E-state index contributed by atoms with van der Waals surface area (Å²) in [6, 6.07) is 11.3. The van der Waals surface area contributed by atoms with Gasteiger partial charge in [-0.05, 0) is 85.9 Å². The van der Waals surface area contributed by atoms with Crippen LogP contribution in [0.4, 0.5) is 4.79 Å². The Bertz CT molecular complexity index is 1300. The maximum Gasteiger partial charge on any atom is 0.408 e. The first kappa shape index (κ1) is 36.7. The van der Waals surface area contributed by atoms with Crippen molar-refractivity contribution in [2.75, 3.05) is 5.75 Å². The van der Waals surface area contributed by atoms with E-state index in [2.05, 4.69) is 23.3 Å². The summed E-state index contributed by atoms with van der Waals surface area (Å²) in [7, 11) is 0. The van der Waals surface area contributed by atoms with Crippen molar-refractivity contribution in [1.29, 1.82) is 0 Å². The largest absolute Gasteiger partial charge is 0.458 e. The topological polar surface area (TPSA) is 114 Å². The molecule has 0 saturated heterocycles. The number of carbonyl (C=O) groups is 4. The molecule has 0 aliphatic carbocycles. The van der Waals surface area contributed by atoms with Gasteiger partial charge in [0.25, 0.3) is 0 Å². The highest BCUT2D eigenvalue weighted by atomic mass is 32.1. The van der Waals surface area contributed by atoms with Crippen molar-refractivity contribution in [1.82, 2.24) is 15.5 Å². The summed E-state index contributed by atoms with van der Waals surface area (Å²) >= 11 is 4.35. The van der Waals surface area contributed by atoms with Crippen molar-refractivity contribution < 1.29 is 28.7 Å². The van der Waals surface area contributed by atoms with Gasteiger partial charge in [-0.25, -0.2) is 9.59 Å². The van der Waals surface area contributed by atoms with Gasteiger partial charge in [0.1, 0.15) is 29.3 Å². The maximum absolute atomic E-state index is 14.4. The van der Waals surface area contributed by atoms with Crippen LogP contribution < -0.4 is 10.6 Å². The predicted octanol–water partition coefficient (Wildman–Crippen LogP) is 5.47. The fourth-order valence-electron chi connectivity index (χ4n) is 4.63. The number of nitrogens with zero attached hydrogens (tertiary/aromatic N) is 1. The second kappa shape index (κ2) is 15.5. The van der Waals surface area contributed by atoms with Crippen LogP contribution >= 0.6 is 12.6 Å². The SMILES string of the molecule is Cc1ccc(C)c(C(C(=O)NC(Cc2ccccc2)C(=O)OC(C)(C)C)N(C(=O)C(CS)NC(=O)OC(C)(C)C)C(C)C)c1. The summed E-state index contributed by atoms with van der Waals surface area (Å²) < 4.78 is 11.1. The minimum Gasteiger partial charge on any atom is -0.458 e. The van der Waals surface area contributed by atoms with E-state index >= 15 is 0 Å². The highest BCUT2D eigenvalue weighted by Crippen LogP contribution is 2.29. The first-order valence-corrected chi connectivity index (χ1v) is 15.5. The van der Waals surface area contributed by atoms with Gasteiger partial charge in [-0.3, -0.25) is 9.59 Å². The number of thiol groups is 1. The molecule has 2 aromatic carbocycles. The van der Waals surface area contributed by atoms with Gasteiger partial charge >= 0.3 is 12.1 Å². The summed E-state index contributed by atoms with van der Waals surface area (Å²) in [5, 5.41) is 5.53. The van der Waals surface area contributed by atoms with Crippen LogP contribution in [0, 0.1) is 13.8 Å². The number of benzene rings is 2. The van der Waals surface area contributed by atoms with Crippen LogP contribution in [-0.4, -0.2) is 63.9 Å². The number of rotatable bonds is 11. The number of nitrogens with one attached hydrogen (secondary N) is 2. The van der Waals surface area contributed by atoms with Crippen LogP contribution in [0.3, 0.4) is 0 Å². The zero-order valence-electron chi connectivity index (χ0n) is 27.7. The summed E-state index contributed by atoms with van der Waals surface area (Å²) in [6.07, 6.45) is -0.579. The molecule has 9 nitrogen and oxygen atoms in total. The molecule has 2 N–H and O–H groups in total. The van der Waals surface area contributed by atoms with E-state index in [1.165, 1.54) is 4.90 Å². The molecule has 0 heterocycles. The Morgan fingerprint density at radius 3 is 1.95 bits per heavy atom. The Morgan fingerprint density at radius 2 is 1.43 bits per heavy atom. The first-order chi connectivity index (χ1) is 20.3. The molecule has 0 aromatic heterocycles. The average molecular weight is 628 g/mol. The number of alkyl carbamates (subject to hydrolysis) is 1. The van der Waals surface area contributed by atoms with E-state index in [0.717, 1.165) is 16.7 Å². The normalized spacial score (nSPS) is 13.8. The second-order valence-corrected chi connectivity index (χ2v) is 13.6. The Kier molecular flexibility index (Phi) is 12.9. The number of amides is 3. The third-order valence-electron chi connectivity index (χ3n) is 6.53. The van der Waals surface area contributed by atoms with Gasteiger partial charge in [-0.2, -0.15) is 12.6 Å². The molecule has 0 fully saturated rings. The number of hydrogen-bond donors (Lipinski definition) is 3. The molecule has 0 aliphatic rings. The molecule has 0 saturated carbocycles. The second-order valence-electron chi connectivity index (χ2n) is 13.3. The van der Waals surface area contributed by atoms with E-state index < -0.39 is 59.2 Å². The van der Waals surface area contributed by atoms with Crippen molar-refractivity contribution >= 4 is 36.5 Å². The summed E-state index contributed by atoms with van der Waals surface area (Å²) in [6.45, 7) is 17.8. The molecular formula is C34H49N3O6S. The molecule has 2 rings (SSSR count). The van der Waals surface area contributed by atoms with Gasteiger partial charge in [-0.15, -0.1) is 0 Å². The van der Waals surface area contributed by atoms with Crippen molar-refractivity contribution in [3.63, 3.8) is 0 Å². The number of esters is 1. The maximum atomic E-state index is 14.4. The van der Waals surface area contributed by atoms with Crippen molar-refractivity contribution in [2.45, 2.75) is 111 Å². The molecule has 2 aromatic rings. The van der Waals surface area contributed by atoms with Crippen molar-refractivity contribution in [2.24, 2.45) is 0 Å². The molecule has 0 radical (unpaired) electrons. The van der Waals surface area contributed by atoms with Crippen molar-refractivity contribution in [3.05, 3.63) is 70.8 Å². The van der Waals surface area contributed by atoms with Crippen LogP contribution in [0.15, 0.2) is 48.5 Å². The van der Waals surface area contributed by atoms with E-state index in [9.17, 15) is 19.2 Å². The molecular weight excluding hydrogens is 578 g/mol. The van der Waals surface area contributed by atoms with E-state index in [0.29, 0.717) is 5.56 Å². The van der Waals surface area contributed by atoms with Gasteiger partial charge in [-0.1, -0.05) is 54.1 Å². The lowest BCUT2D eigenvalue weighted by Gasteiger charge is -2.38. The van der Waals surface area contributed by atoms with E-state index in [1.54, 1.807) is 55.4 Å². The number of aryl methyl sites for hydroxylation is 2. The van der Waals surface area contributed by atoms with Crippen LogP contribution in [0.5, 0.6) is 0 Å². The molecule has 44 heavy (non-hydrogen) atoms. The van der Waals surface area contributed by atoms with Crippen LogP contribution in [-0.2, 0) is 30.3 Å². The highest BCUT2D eigenvalue weighted by Gasteiger charge is 2.40. The number of ether oxygens (including phenoxy) is 2. The van der Waals surface area contributed by atoms with Crippen LogP contribution in [0.25, 0.3) is 0 Å². The molecule has 3 atom stereocenters. The van der Waals surface area contributed by atoms with E-state index in [-0.39, 0.29) is 12.2 Å². The molecule has 10 heteroatoms. The van der Waals surface area contributed by atoms with Gasteiger partial charge in [0.15, 0.2) is 0 Å². The quantitative estimate of drug-likeness (QED) is 0.225. The zero-order chi connectivity index (χ0) is 33.4. The molecule has 0 bridgehead atoms. The van der Waals surface area contributed by atoms with E-state index in [1.807, 2.05) is 62.4 Å². The summed E-state index contributed by atoms with van der Waals surface area (Å²) in [4.78, 5) is 56.1. The Labute approximate surface area is 267 Å². The predicted molar refractivity (Wildman–Crippen MR) is 176 cm³/mol. The smallest absolute Gasteiger partial charge is 0.408 e. The highest BCUT2D eigenvalue weighted by molar-refractivity contribution is 7.80. The number of hydrogen-bond acceptors (Lipinski definition) is 7. The standard InChI is InChI=1S/C34H49N3O6S/c1-21(2)37(30(39)27(20-44)36-32(41)43-34(8,9)10)28(25-18-22(3)16-17-23(25)4)29(38)35-26(31(40)42-33(5,6)7)19-24-14-12-11-13-15-24/h11-18,21,26-28,44H,19-20H2,1-10H3,(H,35,38)(H,36,41). The first-order valence-electron chi connectivity index (χ1n) is 14.9. The number of carbonyl (C=O) groups excluding carboxylic acids is 4. The van der Waals surface area contributed by atoms with Crippen molar-refractivity contribution in [3.8, 4) is 0 Å². The summed E-state index contributed by atoms with van der Waals surface area (Å²) in [5.74, 6) is -1.69.